The Morgan fingerprint density at radius 1 is 0.933 bits per heavy atom. The molecule has 9 heteroatoms. The average Bonchev–Trinajstić information content (AvgIpc) is 2.71. The third kappa shape index (κ3) is 4.94. The van der Waals surface area contributed by atoms with E-state index in [-0.39, 0.29) is 15.5 Å². The van der Waals surface area contributed by atoms with Crippen molar-refractivity contribution in [3.05, 3.63) is 82.3 Å². The molecule has 3 aromatic carbocycles. The monoisotopic (exact) mass is 464 g/mol. The molecule has 1 amide bonds. The molecular formula is C21H18Cl2N2O4S. The van der Waals surface area contributed by atoms with Gasteiger partial charge < -0.3 is 10.1 Å². The number of para-hydroxylation sites is 1. The Morgan fingerprint density at radius 2 is 1.60 bits per heavy atom. The second kappa shape index (κ2) is 9.06. The van der Waals surface area contributed by atoms with Crippen molar-refractivity contribution in [2.45, 2.75) is 4.90 Å². The fraction of sp³-hybridized carbons (Fsp3) is 0.0952. The van der Waals surface area contributed by atoms with Crippen molar-refractivity contribution in [1.29, 1.82) is 0 Å². The van der Waals surface area contributed by atoms with Crippen molar-refractivity contribution < 1.29 is 17.9 Å². The summed E-state index contributed by atoms with van der Waals surface area (Å²) in [5.41, 5.74) is 0.541. The molecule has 3 rings (SSSR count). The van der Waals surface area contributed by atoms with Gasteiger partial charge in [0.25, 0.3) is 5.91 Å². The summed E-state index contributed by atoms with van der Waals surface area (Å²) >= 11 is 12.2. The molecule has 0 fully saturated rings. The molecule has 0 spiro atoms. The lowest BCUT2D eigenvalue weighted by Gasteiger charge is -2.13. The van der Waals surface area contributed by atoms with E-state index in [0.29, 0.717) is 22.2 Å². The number of benzene rings is 3. The van der Waals surface area contributed by atoms with Crippen LogP contribution < -0.4 is 10.1 Å². The lowest BCUT2D eigenvalue weighted by atomic mass is 10.2. The van der Waals surface area contributed by atoms with Crippen molar-refractivity contribution in [2.24, 2.45) is 0 Å². The quantitative estimate of drug-likeness (QED) is 0.537. The fourth-order valence-corrected chi connectivity index (χ4v) is 3.81. The van der Waals surface area contributed by atoms with Gasteiger partial charge in [0.1, 0.15) is 11.5 Å². The first kappa shape index (κ1) is 22.1. The van der Waals surface area contributed by atoms with Gasteiger partial charge in [0, 0.05) is 19.8 Å². The van der Waals surface area contributed by atoms with Crippen molar-refractivity contribution >= 4 is 44.8 Å². The maximum Gasteiger partial charge on any atom is 0.257 e. The van der Waals surface area contributed by atoms with Crippen LogP contribution in [0.2, 0.25) is 10.0 Å². The van der Waals surface area contributed by atoms with E-state index >= 15 is 0 Å². The first-order chi connectivity index (χ1) is 14.2. The number of hydrogen-bond acceptors (Lipinski definition) is 4. The maximum absolute atomic E-state index is 12.7. The van der Waals surface area contributed by atoms with Gasteiger partial charge in [0.15, 0.2) is 0 Å². The van der Waals surface area contributed by atoms with E-state index in [1.165, 1.54) is 32.3 Å². The van der Waals surface area contributed by atoms with Crippen molar-refractivity contribution in [2.75, 3.05) is 19.4 Å². The van der Waals surface area contributed by atoms with Gasteiger partial charge in [0.2, 0.25) is 10.0 Å². The van der Waals surface area contributed by atoms with E-state index in [1.54, 1.807) is 42.5 Å². The van der Waals surface area contributed by atoms with Gasteiger partial charge >= 0.3 is 0 Å². The number of ether oxygens (including phenoxy) is 1. The number of hydrogen-bond donors (Lipinski definition) is 1. The highest BCUT2D eigenvalue weighted by Crippen LogP contribution is 2.29. The van der Waals surface area contributed by atoms with Crippen LogP contribution in [-0.2, 0) is 10.0 Å². The first-order valence-electron chi connectivity index (χ1n) is 8.74. The number of anilines is 1. The van der Waals surface area contributed by atoms with Crippen LogP contribution in [-0.4, -0.2) is 32.7 Å². The van der Waals surface area contributed by atoms with Crippen molar-refractivity contribution in [3.8, 4) is 11.5 Å². The molecule has 0 bridgehead atoms. The van der Waals surface area contributed by atoms with Gasteiger partial charge in [-0.2, -0.15) is 0 Å². The largest absolute Gasteiger partial charge is 0.456 e. The predicted molar refractivity (Wildman–Crippen MR) is 118 cm³/mol. The highest BCUT2D eigenvalue weighted by atomic mass is 35.5. The second-order valence-electron chi connectivity index (χ2n) is 6.44. The topological polar surface area (TPSA) is 75.7 Å². The number of rotatable bonds is 6. The molecule has 0 radical (unpaired) electrons. The zero-order valence-electron chi connectivity index (χ0n) is 16.1. The summed E-state index contributed by atoms with van der Waals surface area (Å²) < 4.78 is 31.4. The van der Waals surface area contributed by atoms with E-state index in [4.69, 9.17) is 27.9 Å². The molecule has 0 saturated heterocycles. The summed E-state index contributed by atoms with van der Waals surface area (Å²) in [6.07, 6.45) is 0. The Kier molecular flexibility index (Phi) is 6.67. The summed E-state index contributed by atoms with van der Waals surface area (Å²) in [7, 11) is -0.869. The Balaban J connectivity index is 1.77. The van der Waals surface area contributed by atoms with Crippen LogP contribution in [0.1, 0.15) is 10.4 Å². The molecular weight excluding hydrogens is 447 g/mol. The van der Waals surface area contributed by atoms with Crippen LogP contribution in [0.25, 0.3) is 0 Å². The number of carbonyl (C=O) groups excluding carboxylic acids is 1. The summed E-state index contributed by atoms with van der Waals surface area (Å²) in [6, 6.07) is 17.7. The van der Waals surface area contributed by atoms with Crippen molar-refractivity contribution in [1.82, 2.24) is 4.31 Å². The third-order valence-electron chi connectivity index (χ3n) is 4.14. The number of sulfonamides is 1. The average molecular weight is 465 g/mol. The Bertz CT molecular complexity index is 1180. The van der Waals surface area contributed by atoms with Crippen LogP contribution >= 0.6 is 23.2 Å². The molecule has 0 aliphatic rings. The molecule has 0 atom stereocenters. The lowest BCUT2D eigenvalue weighted by molar-refractivity contribution is 0.102. The SMILES string of the molecule is CN(C)S(=O)(=O)c1ccc(Cl)c(C(=O)Nc2ccc(Oc3ccccc3Cl)cc2)c1. The van der Waals surface area contributed by atoms with Crippen LogP contribution in [0.3, 0.4) is 0 Å². The smallest absolute Gasteiger partial charge is 0.257 e. The second-order valence-corrected chi connectivity index (χ2v) is 9.41. The van der Waals surface area contributed by atoms with E-state index in [9.17, 15) is 13.2 Å². The molecule has 0 aliphatic carbocycles. The molecule has 0 aliphatic heterocycles. The minimum Gasteiger partial charge on any atom is -0.456 e. The van der Waals surface area contributed by atoms with Crippen LogP contribution in [0.15, 0.2) is 71.6 Å². The molecule has 156 valence electrons. The molecule has 0 saturated carbocycles. The van der Waals surface area contributed by atoms with E-state index in [0.717, 1.165) is 4.31 Å². The number of amides is 1. The number of nitrogens with zero attached hydrogens (tertiary/aromatic N) is 1. The minimum absolute atomic E-state index is 0.0227. The van der Waals surface area contributed by atoms with Gasteiger partial charge in [-0.1, -0.05) is 35.3 Å². The highest BCUT2D eigenvalue weighted by molar-refractivity contribution is 7.89. The zero-order valence-corrected chi connectivity index (χ0v) is 18.4. The zero-order chi connectivity index (χ0) is 21.9. The van der Waals surface area contributed by atoms with E-state index in [1.807, 2.05) is 6.07 Å². The number of nitrogens with one attached hydrogen (secondary N) is 1. The van der Waals surface area contributed by atoms with Gasteiger partial charge in [-0.3, -0.25) is 4.79 Å². The molecule has 6 nitrogen and oxygen atoms in total. The fourth-order valence-electron chi connectivity index (χ4n) is 2.51. The summed E-state index contributed by atoms with van der Waals surface area (Å²) in [6.45, 7) is 0. The standard InChI is InChI=1S/C21H18Cl2N2O4S/c1-25(2)30(27,28)16-11-12-18(22)17(13-16)21(26)24-14-7-9-15(10-8-14)29-20-6-4-3-5-19(20)23/h3-13H,1-2H3,(H,24,26). The molecule has 1 N–H and O–H groups in total. The van der Waals surface area contributed by atoms with Crippen molar-refractivity contribution in [3.63, 3.8) is 0 Å². The van der Waals surface area contributed by atoms with Gasteiger partial charge in [-0.15, -0.1) is 0 Å². The highest BCUT2D eigenvalue weighted by Gasteiger charge is 2.21. The van der Waals surface area contributed by atoms with Crippen LogP contribution in [0, 0.1) is 0 Å². The molecule has 30 heavy (non-hydrogen) atoms. The summed E-state index contributed by atoms with van der Waals surface area (Å²) in [4.78, 5) is 12.6. The summed E-state index contributed by atoms with van der Waals surface area (Å²) in [5, 5.41) is 3.32. The van der Waals surface area contributed by atoms with Gasteiger partial charge in [-0.05, 0) is 54.6 Å². The molecule has 0 heterocycles. The predicted octanol–water partition coefficient (Wildman–Crippen LogP) is 5.29. The van der Waals surface area contributed by atoms with Gasteiger partial charge in [0.05, 0.1) is 20.5 Å². The normalized spacial score (nSPS) is 11.4. The van der Waals surface area contributed by atoms with E-state index < -0.39 is 15.9 Å². The maximum atomic E-state index is 12.7. The molecule has 0 aromatic heterocycles. The number of halogens is 2. The summed E-state index contributed by atoms with van der Waals surface area (Å²) in [5.74, 6) is 0.524. The van der Waals surface area contributed by atoms with Crippen LogP contribution in [0.4, 0.5) is 5.69 Å². The number of carbonyl (C=O) groups is 1. The Morgan fingerprint density at radius 3 is 2.23 bits per heavy atom. The molecule has 3 aromatic rings. The van der Waals surface area contributed by atoms with Gasteiger partial charge in [-0.25, -0.2) is 12.7 Å². The van der Waals surface area contributed by atoms with Crippen LogP contribution in [0.5, 0.6) is 11.5 Å². The first-order valence-corrected chi connectivity index (χ1v) is 10.9. The Labute approximate surface area is 185 Å². The lowest BCUT2D eigenvalue weighted by Crippen LogP contribution is -2.23. The Hall–Kier alpha value is -2.58. The minimum atomic E-state index is -3.69. The van der Waals surface area contributed by atoms with E-state index in [2.05, 4.69) is 5.32 Å². The third-order valence-corrected chi connectivity index (χ3v) is 6.59. The molecule has 0 unspecified atom stereocenters.